The number of fused-ring (bicyclic) bond motifs is 1. The van der Waals surface area contributed by atoms with Gasteiger partial charge in [-0.15, -0.1) is 0 Å². The average Bonchev–Trinajstić information content (AvgIpc) is 3.00. The van der Waals surface area contributed by atoms with Crippen LogP contribution in [0.1, 0.15) is 120 Å². The Morgan fingerprint density at radius 1 is 0.756 bits per heavy atom. The summed E-state index contributed by atoms with van der Waals surface area (Å²) in [5, 5.41) is 14.9. The van der Waals surface area contributed by atoms with Crippen LogP contribution < -0.4 is 10.2 Å². The number of benzene rings is 3. The molecule has 3 N–H and O–H groups in total. The number of carbonyl (C=O) groups excluding carboxylic acids is 1. The van der Waals surface area contributed by atoms with Crippen LogP contribution in [-0.4, -0.2) is 89.0 Å². The third-order valence-corrected chi connectivity index (χ3v) is 9.27. The fourth-order valence-corrected chi connectivity index (χ4v) is 6.26. The van der Waals surface area contributed by atoms with Gasteiger partial charge in [-0.05, 0) is 36.1 Å². The fourth-order valence-electron chi connectivity index (χ4n) is 5.75. The third-order valence-electron chi connectivity index (χ3n) is 8.42. The molecule has 0 bridgehead atoms. The molecule has 0 saturated heterocycles. The Bertz CT molecular complexity index is 1430. The number of nitrogens with one attached hydrogen (secondary N) is 1. The van der Waals surface area contributed by atoms with E-state index >= 15 is 0 Å². The van der Waals surface area contributed by atoms with E-state index < -0.39 is 16.0 Å². The predicted octanol–water partition coefficient (Wildman–Crippen LogP) is 9.36. The number of nitrogens with zero attached hydrogens (tertiary/aromatic N) is 1. The Morgan fingerprint density at radius 2 is 1.29 bits per heavy atom. The van der Waals surface area contributed by atoms with Crippen LogP contribution in [0.4, 0.5) is 11.4 Å². The van der Waals surface area contributed by atoms with Crippen LogP contribution in [0.15, 0.2) is 59.5 Å². The van der Waals surface area contributed by atoms with E-state index in [0.29, 0.717) is 11.1 Å². The maximum absolute atomic E-state index is 13.2. The Balaban J connectivity index is 0.00000705. The first-order chi connectivity index (χ1) is 21.2. The summed E-state index contributed by atoms with van der Waals surface area (Å²) in [6.45, 7) is 2.99. The standard InChI is InChI=1S/C36H52N2O5S.K/c1-3-4-5-6-7-8-9-10-11-12-13-14-15-16-17-20-27-38(2)34-26-24-30(44(41,42)43)28-33(34)37-36(40)32-25-23-29-21-18-19-22-31(29)35(32)39;/h18-19,21-26,28,39H,3-17,20,27H2,1-2H3,(H,37,40)(H,41,42,43);. The van der Waals surface area contributed by atoms with Crippen LogP contribution in [0.2, 0.25) is 0 Å². The molecule has 0 aliphatic rings. The summed E-state index contributed by atoms with van der Waals surface area (Å²) in [7, 11) is -2.57. The molecule has 3 rings (SSSR count). The van der Waals surface area contributed by atoms with Crippen LogP contribution in [-0.2, 0) is 10.1 Å². The van der Waals surface area contributed by atoms with Crippen molar-refractivity contribution in [3.63, 3.8) is 0 Å². The van der Waals surface area contributed by atoms with Gasteiger partial charge in [-0.25, -0.2) is 0 Å². The van der Waals surface area contributed by atoms with Crippen LogP contribution in [0.3, 0.4) is 0 Å². The molecule has 9 heteroatoms. The molecule has 1 radical (unpaired) electrons. The van der Waals surface area contributed by atoms with E-state index in [1.807, 2.05) is 24.1 Å². The molecule has 0 spiro atoms. The summed E-state index contributed by atoms with van der Waals surface area (Å²) >= 11 is 0. The SMILES string of the molecule is CCCCCCCCCCCCCCCCCCN(C)c1ccc(S(=O)(=O)O)cc1NC(=O)c1ccc2ccccc2c1O.[K]. The zero-order valence-electron chi connectivity index (χ0n) is 27.7. The minimum absolute atomic E-state index is 0. The molecular weight excluding hydrogens is 612 g/mol. The zero-order valence-corrected chi connectivity index (χ0v) is 31.6. The van der Waals surface area contributed by atoms with Gasteiger partial charge in [0.25, 0.3) is 16.0 Å². The molecule has 0 aromatic heterocycles. The number of hydrogen-bond acceptors (Lipinski definition) is 5. The first-order valence-corrected chi connectivity index (χ1v) is 18.0. The van der Waals surface area contributed by atoms with Gasteiger partial charge in [0.1, 0.15) is 5.75 Å². The summed E-state index contributed by atoms with van der Waals surface area (Å²) in [5.41, 5.74) is 0.955. The van der Waals surface area contributed by atoms with E-state index in [2.05, 4.69) is 12.2 Å². The van der Waals surface area contributed by atoms with Crippen molar-refractivity contribution in [3.05, 3.63) is 60.2 Å². The van der Waals surface area contributed by atoms with Gasteiger partial charge in [-0.1, -0.05) is 134 Å². The molecule has 0 fully saturated rings. The molecule has 0 heterocycles. The van der Waals surface area contributed by atoms with E-state index in [9.17, 15) is 22.9 Å². The Labute approximate surface area is 313 Å². The molecule has 243 valence electrons. The number of phenolic OH excluding ortho intramolecular Hbond substituents is 1. The summed E-state index contributed by atoms with van der Waals surface area (Å²) in [6, 6.07) is 14.7. The molecule has 7 nitrogen and oxygen atoms in total. The van der Waals surface area contributed by atoms with Crippen LogP contribution in [0.25, 0.3) is 10.8 Å². The van der Waals surface area contributed by atoms with Gasteiger partial charge >= 0.3 is 0 Å². The van der Waals surface area contributed by atoms with Gasteiger partial charge in [0.2, 0.25) is 0 Å². The number of amides is 1. The predicted molar refractivity (Wildman–Crippen MR) is 188 cm³/mol. The van der Waals surface area contributed by atoms with E-state index in [0.717, 1.165) is 24.8 Å². The van der Waals surface area contributed by atoms with Gasteiger partial charge < -0.3 is 15.3 Å². The summed E-state index contributed by atoms with van der Waals surface area (Å²) < 4.78 is 33.3. The monoisotopic (exact) mass is 663 g/mol. The van der Waals surface area contributed by atoms with Crippen molar-refractivity contribution in [2.24, 2.45) is 0 Å². The van der Waals surface area contributed by atoms with Crippen LogP contribution >= 0.6 is 0 Å². The van der Waals surface area contributed by atoms with Crippen LogP contribution in [0, 0.1) is 0 Å². The van der Waals surface area contributed by atoms with Crippen molar-refractivity contribution in [1.29, 1.82) is 0 Å². The van der Waals surface area contributed by atoms with Gasteiger partial charge in [0.05, 0.1) is 21.8 Å². The summed E-state index contributed by atoms with van der Waals surface area (Å²) in [4.78, 5) is 14.9. The maximum atomic E-state index is 13.2. The molecule has 3 aromatic carbocycles. The van der Waals surface area contributed by atoms with Crippen molar-refractivity contribution in [3.8, 4) is 5.75 Å². The first kappa shape index (κ1) is 39.7. The molecule has 1 amide bonds. The summed E-state index contributed by atoms with van der Waals surface area (Å²) in [6.07, 6.45) is 20.8. The number of phenols is 1. The fraction of sp³-hybridized carbons (Fsp3) is 0.528. The smallest absolute Gasteiger partial charge is 0.294 e. The Kier molecular flexibility index (Phi) is 18.9. The number of aromatic hydroxyl groups is 1. The number of unbranched alkanes of at least 4 members (excludes halogenated alkanes) is 15. The second-order valence-corrected chi connectivity index (χ2v) is 13.4. The van der Waals surface area contributed by atoms with Crippen molar-refractivity contribution >= 4 is 89.6 Å². The number of carbonyl (C=O) groups is 1. The van der Waals surface area contributed by atoms with Crippen molar-refractivity contribution < 1.29 is 22.9 Å². The van der Waals surface area contributed by atoms with Crippen LogP contribution in [0.5, 0.6) is 5.75 Å². The number of anilines is 2. The number of hydrogen-bond donors (Lipinski definition) is 3. The first-order valence-electron chi connectivity index (χ1n) is 16.6. The largest absolute Gasteiger partial charge is 0.506 e. The molecule has 45 heavy (non-hydrogen) atoms. The maximum Gasteiger partial charge on any atom is 0.294 e. The van der Waals surface area contributed by atoms with E-state index in [4.69, 9.17) is 0 Å². The molecule has 0 unspecified atom stereocenters. The van der Waals surface area contributed by atoms with E-state index in [1.54, 1.807) is 30.3 Å². The minimum atomic E-state index is -4.47. The van der Waals surface area contributed by atoms with Gasteiger partial charge in [-0.3, -0.25) is 9.35 Å². The molecule has 0 aliphatic carbocycles. The Morgan fingerprint density at radius 3 is 1.84 bits per heavy atom. The Hall–Kier alpha value is -1.46. The normalized spacial score (nSPS) is 11.4. The molecular formula is C36H52KN2O5S. The molecule has 0 saturated carbocycles. The zero-order chi connectivity index (χ0) is 31.8. The van der Waals surface area contributed by atoms with Crippen molar-refractivity contribution in [2.45, 2.75) is 115 Å². The minimum Gasteiger partial charge on any atom is -0.506 e. The molecule has 0 atom stereocenters. The average molecular weight is 664 g/mol. The van der Waals surface area contributed by atoms with E-state index in [1.165, 1.54) is 102 Å². The summed E-state index contributed by atoms with van der Waals surface area (Å²) in [5.74, 6) is -0.715. The van der Waals surface area contributed by atoms with E-state index in [-0.39, 0.29) is 73.3 Å². The van der Waals surface area contributed by atoms with Gasteiger partial charge in [0.15, 0.2) is 0 Å². The van der Waals surface area contributed by atoms with Crippen molar-refractivity contribution in [2.75, 3.05) is 23.8 Å². The van der Waals surface area contributed by atoms with Gasteiger partial charge in [0, 0.05) is 70.4 Å². The third kappa shape index (κ3) is 13.7. The topological polar surface area (TPSA) is 107 Å². The molecule has 0 aliphatic heterocycles. The number of rotatable bonds is 21. The van der Waals surface area contributed by atoms with Crippen molar-refractivity contribution in [1.82, 2.24) is 0 Å². The quantitative estimate of drug-likeness (QED) is 0.0596. The second-order valence-electron chi connectivity index (χ2n) is 12.0. The molecule has 3 aromatic rings. The van der Waals surface area contributed by atoms with Gasteiger partial charge in [-0.2, -0.15) is 8.42 Å². The second kappa shape index (κ2) is 21.4.